The van der Waals surface area contributed by atoms with Crippen molar-refractivity contribution in [2.24, 2.45) is 0 Å². The largest absolute Gasteiger partial charge is 0.493 e. The molecule has 7 nitrogen and oxygen atoms in total. The van der Waals surface area contributed by atoms with Gasteiger partial charge < -0.3 is 14.8 Å². The number of tetrazole rings is 1. The first-order valence-corrected chi connectivity index (χ1v) is 7.98. The summed E-state index contributed by atoms with van der Waals surface area (Å²) >= 11 is 3.53. The van der Waals surface area contributed by atoms with Gasteiger partial charge in [0.25, 0.3) is 0 Å². The van der Waals surface area contributed by atoms with E-state index in [1.165, 1.54) is 0 Å². The lowest BCUT2D eigenvalue weighted by Gasteiger charge is -2.16. The van der Waals surface area contributed by atoms with Crippen LogP contribution in [0.1, 0.15) is 19.4 Å². The summed E-state index contributed by atoms with van der Waals surface area (Å²) in [7, 11) is 1.62. The van der Waals surface area contributed by atoms with Gasteiger partial charge in [0.1, 0.15) is 0 Å². The van der Waals surface area contributed by atoms with Crippen molar-refractivity contribution in [3.05, 3.63) is 34.8 Å². The van der Waals surface area contributed by atoms with Crippen molar-refractivity contribution in [1.29, 1.82) is 0 Å². The molecule has 1 aromatic carbocycles. The summed E-state index contributed by atoms with van der Waals surface area (Å²) < 4.78 is 13.7. The van der Waals surface area contributed by atoms with E-state index in [1.807, 2.05) is 26.0 Å². The van der Waals surface area contributed by atoms with Gasteiger partial charge in [-0.1, -0.05) is 11.2 Å². The van der Waals surface area contributed by atoms with Crippen LogP contribution in [0.5, 0.6) is 11.5 Å². The van der Waals surface area contributed by atoms with Crippen LogP contribution in [0.4, 0.5) is 5.95 Å². The molecule has 124 valence electrons. The highest BCUT2D eigenvalue weighted by Crippen LogP contribution is 2.37. The molecule has 0 aliphatic heterocycles. The molecule has 0 unspecified atom stereocenters. The first-order chi connectivity index (χ1) is 11.0. The van der Waals surface area contributed by atoms with Crippen molar-refractivity contribution in [3.63, 3.8) is 0 Å². The quantitative estimate of drug-likeness (QED) is 0.708. The summed E-state index contributed by atoms with van der Waals surface area (Å²) in [6, 6.07) is 3.91. The Balaban J connectivity index is 2.15. The zero-order chi connectivity index (χ0) is 16.8. The summed E-state index contributed by atoms with van der Waals surface area (Å²) in [5.74, 6) is 1.96. The van der Waals surface area contributed by atoms with E-state index in [2.05, 4.69) is 43.4 Å². The molecule has 1 heterocycles. The van der Waals surface area contributed by atoms with Crippen LogP contribution in [0.3, 0.4) is 0 Å². The van der Waals surface area contributed by atoms with E-state index < -0.39 is 0 Å². The summed E-state index contributed by atoms with van der Waals surface area (Å²) in [4.78, 5) is 0. The first-order valence-electron chi connectivity index (χ1n) is 7.19. The Labute approximate surface area is 143 Å². The molecule has 2 aromatic rings. The Morgan fingerprint density at radius 1 is 1.43 bits per heavy atom. The molecule has 0 spiro atoms. The minimum absolute atomic E-state index is 0.0627. The second-order valence-electron chi connectivity index (χ2n) is 5.10. The smallest absolute Gasteiger partial charge is 0.243 e. The summed E-state index contributed by atoms with van der Waals surface area (Å²) in [5, 5.41) is 14.7. The van der Waals surface area contributed by atoms with Gasteiger partial charge in [0.05, 0.1) is 24.2 Å². The highest BCUT2D eigenvalue weighted by atomic mass is 79.9. The number of rotatable bonds is 8. The fourth-order valence-electron chi connectivity index (χ4n) is 1.98. The van der Waals surface area contributed by atoms with Gasteiger partial charge in [-0.15, -0.1) is 6.58 Å². The average molecular weight is 382 g/mol. The molecule has 23 heavy (non-hydrogen) atoms. The van der Waals surface area contributed by atoms with Crippen molar-refractivity contribution >= 4 is 21.9 Å². The van der Waals surface area contributed by atoms with Gasteiger partial charge in [0, 0.05) is 6.54 Å². The van der Waals surface area contributed by atoms with E-state index in [0.717, 1.165) is 10.0 Å². The number of anilines is 1. The number of methoxy groups -OCH3 is 1. The monoisotopic (exact) mass is 381 g/mol. The molecule has 0 fully saturated rings. The predicted molar refractivity (Wildman–Crippen MR) is 91.8 cm³/mol. The van der Waals surface area contributed by atoms with Gasteiger partial charge in [-0.25, -0.2) is 4.68 Å². The standard InChI is InChI=1S/C15H20BrN5O2/c1-5-6-21-15(18-19-20-21)17-9-11-7-12(16)14(23-10(2)3)13(8-11)22-4/h5,7-8,10H,1,6,9H2,2-4H3,(H,17,18,20). The van der Waals surface area contributed by atoms with E-state index in [0.29, 0.717) is 30.5 Å². The lowest BCUT2D eigenvalue weighted by Crippen LogP contribution is -2.10. The lowest BCUT2D eigenvalue weighted by molar-refractivity contribution is 0.228. The van der Waals surface area contributed by atoms with Gasteiger partial charge in [-0.05, 0) is 57.9 Å². The maximum atomic E-state index is 5.78. The van der Waals surface area contributed by atoms with Crippen molar-refractivity contribution in [1.82, 2.24) is 20.2 Å². The van der Waals surface area contributed by atoms with E-state index >= 15 is 0 Å². The minimum atomic E-state index is 0.0627. The van der Waals surface area contributed by atoms with Crippen molar-refractivity contribution in [2.45, 2.75) is 33.0 Å². The normalized spacial score (nSPS) is 10.7. The SMILES string of the molecule is C=CCn1nnnc1NCc1cc(Br)c(OC(C)C)c(OC)c1. The van der Waals surface area contributed by atoms with Gasteiger partial charge >= 0.3 is 0 Å². The zero-order valence-corrected chi connectivity index (χ0v) is 15.0. The third-order valence-electron chi connectivity index (χ3n) is 2.93. The second-order valence-corrected chi connectivity index (χ2v) is 5.96. The Hall–Kier alpha value is -2.09. The van der Waals surface area contributed by atoms with E-state index in [-0.39, 0.29) is 6.10 Å². The van der Waals surface area contributed by atoms with Gasteiger partial charge in [-0.3, -0.25) is 0 Å². The molecule has 0 aliphatic carbocycles. The lowest BCUT2D eigenvalue weighted by atomic mass is 10.2. The van der Waals surface area contributed by atoms with Crippen LogP contribution in [-0.4, -0.2) is 33.4 Å². The third kappa shape index (κ3) is 4.44. The fraction of sp³-hybridized carbons (Fsp3) is 0.400. The fourth-order valence-corrected chi connectivity index (χ4v) is 2.57. The number of nitrogens with zero attached hydrogens (tertiary/aromatic N) is 4. The van der Waals surface area contributed by atoms with Crippen LogP contribution in [0, 0.1) is 0 Å². The van der Waals surface area contributed by atoms with E-state index in [9.17, 15) is 0 Å². The number of nitrogens with one attached hydrogen (secondary N) is 1. The Morgan fingerprint density at radius 3 is 2.87 bits per heavy atom. The molecular weight excluding hydrogens is 362 g/mol. The summed E-state index contributed by atoms with van der Waals surface area (Å²) in [6.07, 6.45) is 1.80. The Morgan fingerprint density at radius 2 is 2.22 bits per heavy atom. The van der Waals surface area contributed by atoms with Crippen LogP contribution < -0.4 is 14.8 Å². The molecular formula is C15H20BrN5O2. The third-order valence-corrected chi connectivity index (χ3v) is 3.52. The number of allylic oxidation sites excluding steroid dienone is 1. The molecule has 0 saturated heterocycles. The molecule has 1 N–H and O–H groups in total. The maximum Gasteiger partial charge on any atom is 0.243 e. The van der Waals surface area contributed by atoms with Crippen molar-refractivity contribution < 1.29 is 9.47 Å². The van der Waals surface area contributed by atoms with Gasteiger partial charge in [-0.2, -0.15) is 0 Å². The summed E-state index contributed by atoms with van der Waals surface area (Å²) in [5.41, 5.74) is 1.01. The first kappa shape index (κ1) is 17.3. The summed E-state index contributed by atoms with van der Waals surface area (Å²) in [6.45, 7) is 8.72. The van der Waals surface area contributed by atoms with Crippen LogP contribution in [0.25, 0.3) is 0 Å². The molecule has 0 aliphatic rings. The van der Waals surface area contributed by atoms with Crippen molar-refractivity contribution in [3.8, 4) is 11.5 Å². The number of benzene rings is 1. The number of aromatic nitrogens is 4. The molecule has 0 saturated carbocycles. The molecule has 0 amide bonds. The number of hydrogen-bond donors (Lipinski definition) is 1. The van der Waals surface area contributed by atoms with E-state index in [1.54, 1.807) is 17.9 Å². The zero-order valence-electron chi connectivity index (χ0n) is 13.4. The number of hydrogen-bond acceptors (Lipinski definition) is 6. The molecule has 0 bridgehead atoms. The topological polar surface area (TPSA) is 74.1 Å². The highest BCUT2D eigenvalue weighted by Gasteiger charge is 2.13. The number of ether oxygens (including phenoxy) is 2. The van der Waals surface area contributed by atoms with Crippen LogP contribution in [0.2, 0.25) is 0 Å². The van der Waals surface area contributed by atoms with Crippen molar-refractivity contribution in [2.75, 3.05) is 12.4 Å². The Kier molecular flexibility index (Phi) is 5.97. The van der Waals surface area contributed by atoms with E-state index in [4.69, 9.17) is 9.47 Å². The predicted octanol–water partition coefficient (Wildman–Crippen LogP) is 3.03. The number of halogens is 1. The van der Waals surface area contributed by atoms with Crippen LogP contribution in [0.15, 0.2) is 29.3 Å². The van der Waals surface area contributed by atoms with Gasteiger partial charge in [0.2, 0.25) is 5.95 Å². The Bertz CT molecular complexity index is 672. The maximum absolute atomic E-state index is 5.78. The minimum Gasteiger partial charge on any atom is -0.493 e. The second kappa shape index (κ2) is 7.96. The average Bonchev–Trinajstić information content (AvgIpc) is 2.94. The van der Waals surface area contributed by atoms with Gasteiger partial charge in [0.15, 0.2) is 11.5 Å². The highest BCUT2D eigenvalue weighted by molar-refractivity contribution is 9.10. The van der Waals surface area contributed by atoms with Crippen LogP contribution >= 0.6 is 15.9 Å². The molecule has 0 radical (unpaired) electrons. The molecule has 2 rings (SSSR count). The molecule has 8 heteroatoms. The van der Waals surface area contributed by atoms with Crippen LogP contribution in [-0.2, 0) is 13.1 Å². The molecule has 1 aromatic heterocycles. The molecule has 0 atom stereocenters.